The number of benzene rings is 1. The summed E-state index contributed by atoms with van der Waals surface area (Å²) in [5.41, 5.74) is 5.18. The maximum absolute atomic E-state index is 13.6. The molecule has 37 heavy (non-hydrogen) atoms. The van der Waals surface area contributed by atoms with Crippen LogP contribution < -0.4 is 5.43 Å². The SMILES string of the molecule is C#Cc1ccc2cc(S(=O)(=O)N3CCN(C(=O)N4CCC5=C(N4)SC(C)N5C)C(CCC#N)C3)sc2c1. The molecule has 4 heterocycles. The molecule has 3 aliphatic rings. The zero-order valence-corrected chi connectivity index (χ0v) is 23.1. The van der Waals surface area contributed by atoms with E-state index in [4.69, 9.17) is 6.42 Å². The number of hydrogen-bond donors (Lipinski definition) is 1. The Morgan fingerprint density at radius 1 is 1.27 bits per heavy atom. The summed E-state index contributed by atoms with van der Waals surface area (Å²) >= 11 is 2.88. The molecule has 2 amide bonds. The Morgan fingerprint density at radius 2 is 2.08 bits per heavy atom. The van der Waals surface area contributed by atoms with Gasteiger partial charge >= 0.3 is 6.03 Å². The zero-order chi connectivity index (χ0) is 26.3. The van der Waals surface area contributed by atoms with Gasteiger partial charge in [-0.15, -0.1) is 17.8 Å². The number of piperazine rings is 1. The van der Waals surface area contributed by atoms with Gasteiger partial charge in [0.2, 0.25) is 0 Å². The maximum Gasteiger partial charge on any atom is 0.339 e. The smallest absolute Gasteiger partial charge is 0.339 e. The summed E-state index contributed by atoms with van der Waals surface area (Å²) in [6.45, 7) is 3.25. The molecule has 5 rings (SSSR count). The van der Waals surface area contributed by atoms with Crippen molar-refractivity contribution in [2.24, 2.45) is 0 Å². The Bertz CT molecular complexity index is 1450. The van der Waals surface area contributed by atoms with Crippen LogP contribution in [0, 0.1) is 23.7 Å². The zero-order valence-electron chi connectivity index (χ0n) is 20.7. The fourth-order valence-electron chi connectivity index (χ4n) is 4.90. The van der Waals surface area contributed by atoms with E-state index in [0.717, 1.165) is 21.5 Å². The monoisotopic (exact) mass is 556 g/mol. The third-order valence-electron chi connectivity index (χ3n) is 7.10. The van der Waals surface area contributed by atoms with Gasteiger partial charge in [-0.3, -0.25) is 5.43 Å². The third kappa shape index (κ3) is 4.75. The molecule has 3 aliphatic heterocycles. The fraction of sp³-hybridized carbons (Fsp3) is 0.440. The number of amides is 2. The number of nitrogens with zero attached hydrogens (tertiary/aromatic N) is 5. The minimum atomic E-state index is -3.77. The number of hydrogen-bond acceptors (Lipinski definition) is 8. The molecule has 1 N–H and O–H groups in total. The highest BCUT2D eigenvalue weighted by Crippen LogP contribution is 2.39. The average molecular weight is 557 g/mol. The highest BCUT2D eigenvalue weighted by Gasteiger charge is 2.40. The molecule has 2 atom stereocenters. The summed E-state index contributed by atoms with van der Waals surface area (Å²) in [6.07, 6.45) is 6.89. The first-order valence-electron chi connectivity index (χ1n) is 12.1. The Hall–Kier alpha value is -2.90. The van der Waals surface area contributed by atoms with E-state index in [2.05, 4.69) is 36.3 Å². The standard InChI is InChI=1S/C25H28N6O3S3/c1-4-18-7-8-19-15-23(36-22(19)14-18)37(33,34)29-12-13-30(20(16-29)6-5-10-26)25(32)31-11-9-21-24(27-31)35-17(2)28(21)3/h1,7-8,14-15,17,20,27H,5-6,9,11-13,16H2,2-3H3. The highest BCUT2D eigenvalue weighted by atomic mass is 32.2. The Kier molecular flexibility index (Phi) is 7.03. The van der Waals surface area contributed by atoms with Gasteiger partial charge in [-0.2, -0.15) is 9.57 Å². The summed E-state index contributed by atoms with van der Waals surface area (Å²) in [4.78, 5) is 17.5. The third-order valence-corrected chi connectivity index (χ3v) is 11.7. The van der Waals surface area contributed by atoms with E-state index < -0.39 is 16.1 Å². The first-order valence-corrected chi connectivity index (χ1v) is 15.2. The molecule has 9 nitrogen and oxygen atoms in total. The first kappa shape index (κ1) is 25.7. The van der Waals surface area contributed by atoms with Gasteiger partial charge in [-0.1, -0.05) is 23.7 Å². The molecule has 1 saturated heterocycles. The van der Waals surface area contributed by atoms with E-state index in [1.165, 1.54) is 21.3 Å². The molecule has 2 unspecified atom stereocenters. The number of hydrazine groups is 1. The van der Waals surface area contributed by atoms with Crippen LogP contribution >= 0.6 is 23.1 Å². The molecule has 1 fully saturated rings. The molecule has 0 spiro atoms. The van der Waals surface area contributed by atoms with E-state index in [0.29, 0.717) is 23.9 Å². The number of terminal acetylenes is 1. The van der Waals surface area contributed by atoms with Crippen molar-refractivity contribution in [1.29, 1.82) is 5.26 Å². The number of fused-ring (bicyclic) bond motifs is 1. The van der Waals surface area contributed by atoms with Crippen LogP contribution in [0.4, 0.5) is 4.79 Å². The Labute approximate surface area is 225 Å². The minimum absolute atomic E-state index is 0.149. The first-order chi connectivity index (χ1) is 17.7. The topological polar surface area (TPSA) is 100.0 Å². The van der Waals surface area contributed by atoms with Crippen molar-refractivity contribution in [3.63, 3.8) is 0 Å². The molecule has 12 heteroatoms. The van der Waals surface area contributed by atoms with Crippen molar-refractivity contribution in [3.8, 4) is 18.4 Å². The number of sulfonamides is 1. The number of nitrogens with one attached hydrogen (secondary N) is 1. The lowest BCUT2D eigenvalue weighted by atomic mass is 10.1. The number of urea groups is 1. The summed E-state index contributed by atoms with van der Waals surface area (Å²) < 4.78 is 29.7. The summed E-state index contributed by atoms with van der Waals surface area (Å²) in [5, 5.41) is 13.0. The Morgan fingerprint density at radius 3 is 2.84 bits per heavy atom. The number of carbonyl (C=O) groups excluding carboxylic acids is 1. The second-order valence-corrected chi connectivity index (χ2v) is 13.8. The van der Waals surface area contributed by atoms with Crippen LogP contribution in [0.5, 0.6) is 0 Å². The van der Waals surface area contributed by atoms with Crippen molar-refractivity contribution >= 4 is 49.2 Å². The van der Waals surface area contributed by atoms with Crippen LogP contribution in [0.2, 0.25) is 0 Å². The van der Waals surface area contributed by atoms with Crippen LogP contribution in [0.3, 0.4) is 0 Å². The second kappa shape index (κ2) is 10.1. The van der Waals surface area contributed by atoms with Gasteiger partial charge in [0.15, 0.2) is 0 Å². The Balaban J connectivity index is 1.34. The average Bonchev–Trinajstić information content (AvgIpc) is 3.46. The van der Waals surface area contributed by atoms with Crippen LogP contribution in [-0.4, -0.2) is 78.2 Å². The van der Waals surface area contributed by atoms with Gasteiger partial charge in [0.05, 0.1) is 11.4 Å². The van der Waals surface area contributed by atoms with Gasteiger partial charge in [-0.05, 0) is 36.9 Å². The van der Waals surface area contributed by atoms with Gasteiger partial charge in [0.1, 0.15) is 9.24 Å². The lowest BCUT2D eigenvalue weighted by molar-refractivity contribution is 0.0858. The van der Waals surface area contributed by atoms with Crippen molar-refractivity contribution in [2.75, 3.05) is 33.2 Å². The molecule has 194 valence electrons. The van der Waals surface area contributed by atoms with Crippen LogP contribution in [0.25, 0.3) is 10.1 Å². The van der Waals surface area contributed by atoms with E-state index in [-0.39, 0.29) is 36.3 Å². The van der Waals surface area contributed by atoms with Crippen molar-refractivity contribution in [1.82, 2.24) is 24.5 Å². The molecule has 0 aliphatic carbocycles. The van der Waals surface area contributed by atoms with Crippen LogP contribution in [0.1, 0.15) is 31.7 Å². The molecular weight excluding hydrogens is 529 g/mol. The van der Waals surface area contributed by atoms with E-state index in [9.17, 15) is 18.5 Å². The van der Waals surface area contributed by atoms with E-state index in [1.54, 1.807) is 33.8 Å². The lowest BCUT2D eigenvalue weighted by Crippen LogP contribution is -2.61. The van der Waals surface area contributed by atoms with E-state index >= 15 is 0 Å². The van der Waals surface area contributed by atoms with Gasteiger partial charge in [0.25, 0.3) is 10.0 Å². The normalized spacial score (nSPS) is 22.5. The van der Waals surface area contributed by atoms with E-state index in [1.807, 2.05) is 12.1 Å². The largest absolute Gasteiger partial charge is 0.364 e. The molecule has 0 bridgehead atoms. The van der Waals surface area contributed by atoms with Gasteiger partial charge in [-0.25, -0.2) is 18.2 Å². The number of thiophene rings is 1. The highest BCUT2D eigenvalue weighted by molar-refractivity contribution is 8.03. The number of nitriles is 1. The molecular formula is C25H28N6O3S3. The molecule has 1 aromatic carbocycles. The van der Waals surface area contributed by atoms with Crippen LogP contribution in [0.15, 0.2) is 39.2 Å². The van der Waals surface area contributed by atoms with Gasteiger partial charge < -0.3 is 9.80 Å². The summed E-state index contributed by atoms with van der Waals surface area (Å²) in [5.74, 6) is 2.58. The van der Waals surface area contributed by atoms with Crippen molar-refractivity contribution in [2.45, 2.75) is 41.8 Å². The lowest BCUT2D eigenvalue weighted by Gasteiger charge is -2.43. The molecule has 1 aromatic heterocycles. The van der Waals surface area contributed by atoms with Crippen LogP contribution in [-0.2, 0) is 10.0 Å². The van der Waals surface area contributed by atoms with Crippen molar-refractivity contribution < 1.29 is 13.2 Å². The minimum Gasteiger partial charge on any atom is -0.364 e. The van der Waals surface area contributed by atoms with Crippen molar-refractivity contribution in [3.05, 3.63) is 40.6 Å². The fourth-order valence-corrected chi connectivity index (χ4v) is 9.13. The summed E-state index contributed by atoms with van der Waals surface area (Å²) in [6, 6.07) is 8.69. The number of thioether (sulfide) groups is 1. The van der Waals surface area contributed by atoms with Gasteiger partial charge in [0, 0.05) is 68.1 Å². The maximum atomic E-state index is 13.6. The molecule has 0 radical (unpaired) electrons. The summed E-state index contributed by atoms with van der Waals surface area (Å²) in [7, 11) is -1.71. The number of carbonyl (C=O) groups is 1. The number of rotatable bonds is 4. The second-order valence-electron chi connectivity index (χ2n) is 9.27. The predicted molar refractivity (Wildman–Crippen MR) is 146 cm³/mol. The molecule has 2 aromatic rings. The molecule has 0 saturated carbocycles. The quantitative estimate of drug-likeness (QED) is 0.577. The predicted octanol–water partition coefficient (Wildman–Crippen LogP) is 3.39.